The summed E-state index contributed by atoms with van der Waals surface area (Å²) in [5.74, 6) is 1.49. The van der Waals surface area contributed by atoms with Crippen molar-refractivity contribution >= 4 is 33.3 Å². The molecule has 0 saturated heterocycles. The molecule has 0 fully saturated rings. The number of amides is 1. The number of fused-ring (bicyclic) bond motifs is 2. The second-order valence-corrected chi connectivity index (χ2v) is 8.04. The SMILES string of the molecule is CCOc1ccc([C@H]2CC(=O)Nc3c2c(C)nn3-c2nc3ccccc3s2)cc1. The first-order valence-corrected chi connectivity index (χ1v) is 10.4. The lowest BCUT2D eigenvalue weighted by Crippen LogP contribution is -2.24. The van der Waals surface area contributed by atoms with Crippen molar-refractivity contribution in [2.24, 2.45) is 0 Å². The molecule has 1 amide bonds. The van der Waals surface area contributed by atoms with Gasteiger partial charge < -0.3 is 10.1 Å². The maximum Gasteiger partial charge on any atom is 0.226 e. The Labute approximate surface area is 172 Å². The van der Waals surface area contributed by atoms with Crippen LogP contribution in [0.3, 0.4) is 0 Å². The average molecular weight is 404 g/mol. The van der Waals surface area contributed by atoms with Crippen LogP contribution < -0.4 is 10.1 Å². The van der Waals surface area contributed by atoms with Crippen molar-refractivity contribution < 1.29 is 9.53 Å². The fraction of sp³-hybridized carbons (Fsp3) is 0.227. The summed E-state index contributed by atoms with van der Waals surface area (Å²) in [7, 11) is 0. The summed E-state index contributed by atoms with van der Waals surface area (Å²) in [5.41, 5.74) is 3.96. The number of carbonyl (C=O) groups excluding carboxylic acids is 1. The monoisotopic (exact) mass is 404 g/mol. The number of hydrogen-bond donors (Lipinski definition) is 1. The number of anilines is 1. The Morgan fingerprint density at radius 1 is 1.21 bits per heavy atom. The minimum absolute atomic E-state index is 0.0151. The van der Waals surface area contributed by atoms with Gasteiger partial charge in [0.05, 0.1) is 22.5 Å². The molecule has 4 aromatic rings. The summed E-state index contributed by atoms with van der Waals surface area (Å²) in [6, 6.07) is 16.0. The Morgan fingerprint density at radius 3 is 2.76 bits per heavy atom. The van der Waals surface area contributed by atoms with E-state index in [1.165, 1.54) is 0 Å². The quantitative estimate of drug-likeness (QED) is 0.537. The topological polar surface area (TPSA) is 69.0 Å². The molecule has 3 heterocycles. The Hall–Kier alpha value is -3.19. The third kappa shape index (κ3) is 3.07. The third-order valence-corrected chi connectivity index (χ3v) is 6.17. The summed E-state index contributed by atoms with van der Waals surface area (Å²) >= 11 is 1.56. The normalized spacial score (nSPS) is 15.9. The number of aromatic nitrogens is 3. The molecule has 7 heteroatoms. The maximum atomic E-state index is 12.5. The van der Waals surface area contributed by atoms with Crippen molar-refractivity contribution in [2.45, 2.75) is 26.2 Å². The highest BCUT2D eigenvalue weighted by Crippen LogP contribution is 2.41. The first-order chi connectivity index (χ1) is 14.1. The van der Waals surface area contributed by atoms with Crippen LogP contribution in [0.2, 0.25) is 0 Å². The number of nitrogens with zero attached hydrogens (tertiary/aromatic N) is 3. The van der Waals surface area contributed by atoms with E-state index >= 15 is 0 Å². The van der Waals surface area contributed by atoms with E-state index in [4.69, 9.17) is 14.8 Å². The molecular formula is C22H20N4O2S. The van der Waals surface area contributed by atoms with E-state index in [2.05, 4.69) is 5.32 Å². The van der Waals surface area contributed by atoms with Crippen LogP contribution in [0.25, 0.3) is 15.3 Å². The van der Waals surface area contributed by atoms with Crippen molar-refractivity contribution in [3.63, 3.8) is 0 Å². The zero-order valence-corrected chi connectivity index (χ0v) is 17.0. The van der Waals surface area contributed by atoms with Gasteiger partial charge in [0.1, 0.15) is 11.6 Å². The number of ether oxygens (including phenoxy) is 1. The van der Waals surface area contributed by atoms with Crippen LogP contribution in [0.5, 0.6) is 5.75 Å². The summed E-state index contributed by atoms with van der Waals surface area (Å²) in [4.78, 5) is 17.3. The highest BCUT2D eigenvalue weighted by atomic mass is 32.1. The van der Waals surface area contributed by atoms with Gasteiger partial charge in [-0.15, -0.1) is 0 Å². The molecule has 5 rings (SSSR count). The molecule has 0 spiro atoms. The molecule has 0 unspecified atom stereocenters. The van der Waals surface area contributed by atoms with E-state index in [1.807, 2.05) is 62.4 Å². The van der Waals surface area contributed by atoms with Gasteiger partial charge >= 0.3 is 0 Å². The third-order valence-electron chi connectivity index (χ3n) is 5.16. The van der Waals surface area contributed by atoms with Gasteiger partial charge in [-0.05, 0) is 43.7 Å². The van der Waals surface area contributed by atoms with Crippen LogP contribution in [0, 0.1) is 6.92 Å². The van der Waals surface area contributed by atoms with Crippen LogP contribution in [-0.2, 0) is 4.79 Å². The minimum Gasteiger partial charge on any atom is -0.494 e. The summed E-state index contributed by atoms with van der Waals surface area (Å²) in [6.45, 7) is 4.58. The molecule has 1 aliphatic rings. The molecule has 0 radical (unpaired) electrons. The Bertz CT molecular complexity index is 1180. The smallest absolute Gasteiger partial charge is 0.226 e. The molecular weight excluding hydrogens is 384 g/mol. The average Bonchev–Trinajstić information content (AvgIpc) is 3.29. The Morgan fingerprint density at radius 2 is 2.00 bits per heavy atom. The van der Waals surface area contributed by atoms with Crippen molar-refractivity contribution in [2.75, 3.05) is 11.9 Å². The second-order valence-electron chi connectivity index (χ2n) is 7.03. The lowest BCUT2D eigenvalue weighted by Gasteiger charge is -2.24. The van der Waals surface area contributed by atoms with Crippen LogP contribution in [0.1, 0.15) is 36.1 Å². The zero-order valence-electron chi connectivity index (χ0n) is 16.2. The number of hydrogen-bond acceptors (Lipinski definition) is 5. The standard InChI is InChI=1S/C22H20N4O2S/c1-3-28-15-10-8-14(9-11-15)16-12-19(27)24-21-20(16)13(2)25-26(21)22-23-17-6-4-5-7-18(17)29-22/h4-11,16H,3,12H2,1-2H3,(H,24,27)/t16-/m1/s1. The van der Waals surface area contributed by atoms with Gasteiger partial charge in [-0.3, -0.25) is 4.79 Å². The van der Waals surface area contributed by atoms with Crippen LogP contribution >= 0.6 is 11.3 Å². The van der Waals surface area contributed by atoms with Gasteiger partial charge in [0.2, 0.25) is 11.0 Å². The minimum atomic E-state index is -0.0439. The fourth-order valence-corrected chi connectivity index (χ4v) is 4.81. The Kier molecular flexibility index (Phi) is 4.32. The molecule has 0 aliphatic carbocycles. The highest BCUT2D eigenvalue weighted by Gasteiger charge is 2.33. The fourth-order valence-electron chi connectivity index (χ4n) is 3.88. The van der Waals surface area contributed by atoms with Crippen molar-refractivity contribution in [3.8, 4) is 10.9 Å². The van der Waals surface area contributed by atoms with Crippen LogP contribution in [-0.4, -0.2) is 27.3 Å². The molecule has 2 aromatic heterocycles. The lowest BCUT2D eigenvalue weighted by molar-refractivity contribution is -0.116. The molecule has 1 atom stereocenters. The number of para-hydroxylation sites is 1. The zero-order chi connectivity index (χ0) is 20.0. The van der Waals surface area contributed by atoms with Gasteiger partial charge in [-0.2, -0.15) is 9.78 Å². The van der Waals surface area contributed by atoms with Crippen molar-refractivity contribution in [1.29, 1.82) is 0 Å². The molecule has 0 bridgehead atoms. The number of aryl methyl sites for hydroxylation is 1. The van der Waals surface area contributed by atoms with E-state index < -0.39 is 0 Å². The number of thiazole rings is 1. The maximum absolute atomic E-state index is 12.5. The number of benzene rings is 2. The van der Waals surface area contributed by atoms with E-state index in [0.29, 0.717) is 13.0 Å². The second kappa shape index (κ2) is 7.00. The molecule has 6 nitrogen and oxygen atoms in total. The summed E-state index contributed by atoms with van der Waals surface area (Å²) in [5, 5.41) is 8.52. The predicted octanol–water partition coefficient (Wildman–Crippen LogP) is 4.66. The van der Waals surface area contributed by atoms with Gasteiger partial charge in [-0.1, -0.05) is 35.6 Å². The highest BCUT2D eigenvalue weighted by molar-refractivity contribution is 7.20. The van der Waals surface area contributed by atoms with Crippen molar-refractivity contribution in [3.05, 3.63) is 65.4 Å². The first-order valence-electron chi connectivity index (χ1n) is 9.62. The molecule has 1 N–H and O–H groups in total. The van der Waals surface area contributed by atoms with Gasteiger partial charge in [0, 0.05) is 17.9 Å². The number of carbonyl (C=O) groups is 1. The van der Waals surface area contributed by atoms with Gasteiger partial charge in [0.15, 0.2) is 0 Å². The first kappa shape index (κ1) is 17.9. The number of rotatable bonds is 4. The Balaban J connectivity index is 1.60. The van der Waals surface area contributed by atoms with Crippen LogP contribution in [0.15, 0.2) is 48.5 Å². The van der Waals surface area contributed by atoms with E-state index in [-0.39, 0.29) is 11.8 Å². The summed E-state index contributed by atoms with van der Waals surface area (Å²) in [6.07, 6.45) is 0.396. The van der Waals surface area contributed by atoms with Crippen LogP contribution in [0.4, 0.5) is 5.82 Å². The molecule has 146 valence electrons. The largest absolute Gasteiger partial charge is 0.494 e. The molecule has 29 heavy (non-hydrogen) atoms. The van der Waals surface area contributed by atoms with E-state index in [1.54, 1.807) is 16.0 Å². The molecule has 2 aromatic carbocycles. The van der Waals surface area contributed by atoms with Crippen molar-refractivity contribution in [1.82, 2.24) is 14.8 Å². The van der Waals surface area contributed by atoms with Gasteiger partial charge in [0.25, 0.3) is 0 Å². The molecule has 1 aliphatic heterocycles. The predicted molar refractivity (Wildman–Crippen MR) is 114 cm³/mol. The van der Waals surface area contributed by atoms with Gasteiger partial charge in [-0.25, -0.2) is 4.98 Å². The van der Waals surface area contributed by atoms with E-state index in [0.717, 1.165) is 43.7 Å². The van der Waals surface area contributed by atoms with E-state index in [9.17, 15) is 4.79 Å². The number of nitrogens with one attached hydrogen (secondary N) is 1. The molecule has 0 saturated carbocycles. The lowest BCUT2D eigenvalue weighted by atomic mass is 9.86. The summed E-state index contributed by atoms with van der Waals surface area (Å²) < 4.78 is 8.41.